The van der Waals surface area contributed by atoms with E-state index in [1.54, 1.807) is 23.9 Å². The van der Waals surface area contributed by atoms with Crippen LogP contribution < -0.4 is 10.1 Å². The van der Waals surface area contributed by atoms with E-state index in [1.807, 2.05) is 6.26 Å². The van der Waals surface area contributed by atoms with E-state index in [4.69, 9.17) is 4.74 Å². The predicted molar refractivity (Wildman–Crippen MR) is 75.7 cm³/mol. The van der Waals surface area contributed by atoms with Gasteiger partial charge in [-0.25, -0.2) is 0 Å². The van der Waals surface area contributed by atoms with Crippen molar-refractivity contribution in [2.45, 2.75) is 18.6 Å². The maximum Gasteiger partial charge on any atom is 0.292 e. The lowest BCUT2D eigenvalue weighted by Crippen LogP contribution is -2.26. The van der Waals surface area contributed by atoms with Gasteiger partial charge in [0.25, 0.3) is 5.69 Å². The number of hydrogen-bond acceptors (Lipinski definition) is 5. The largest absolute Gasteiger partial charge is 0.497 e. The molecule has 18 heavy (non-hydrogen) atoms. The van der Waals surface area contributed by atoms with Crippen molar-refractivity contribution in [3.63, 3.8) is 0 Å². The first-order chi connectivity index (χ1) is 8.39. The fourth-order valence-corrected chi connectivity index (χ4v) is 1.54. The van der Waals surface area contributed by atoms with E-state index < -0.39 is 4.92 Å². The van der Waals surface area contributed by atoms with Crippen molar-refractivity contribution in [1.82, 2.24) is 0 Å². The van der Waals surface area contributed by atoms with Gasteiger partial charge in [-0.3, -0.25) is 10.1 Å². The van der Waals surface area contributed by atoms with Crippen LogP contribution in [0.1, 0.15) is 13.8 Å². The molecule has 0 radical (unpaired) electrons. The highest BCUT2D eigenvalue weighted by Crippen LogP contribution is 2.30. The molecule has 0 bridgehead atoms. The van der Waals surface area contributed by atoms with Gasteiger partial charge in [0.2, 0.25) is 0 Å². The first-order valence-corrected chi connectivity index (χ1v) is 6.73. The number of ether oxygens (including phenoxy) is 1. The van der Waals surface area contributed by atoms with Crippen LogP contribution in [0.5, 0.6) is 5.75 Å². The maximum absolute atomic E-state index is 10.9. The third-order valence-corrected chi connectivity index (χ3v) is 3.91. The second-order valence-electron chi connectivity index (χ2n) is 4.46. The normalized spacial score (nSPS) is 11.1. The zero-order valence-electron chi connectivity index (χ0n) is 11.0. The Morgan fingerprint density at radius 1 is 1.50 bits per heavy atom. The van der Waals surface area contributed by atoms with E-state index in [-0.39, 0.29) is 10.4 Å². The number of nitro groups is 1. The van der Waals surface area contributed by atoms with Gasteiger partial charge in [0.15, 0.2) is 0 Å². The minimum Gasteiger partial charge on any atom is -0.497 e. The number of nitrogens with one attached hydrogen (secondary N) is 1. The van der Waals surface area contributed by atoms with Crippen molar-refractivity contribution >= 4 is 23.1 Å². The Bertz CT molecular complexity index is 435. The number of anilines is 1. The molecule has 6 heteroatoms. The Labute approximate surface area is 111 Å². The monoisotopic (exact) mass is 270 g/mol. The molecule has 0 aliphatic carbocycles. The molecule has 100 valence electrons. The second-order valence-corrected chi connectivity index (χ2v) is 5.97. The molecule has 0 heterocycles. The molecule has 1 N–H and O–H groups in total. The molecule has 0 atom stereocenters. The molecule has 0 aromatic heterocycles. The van der Waals surface area contributed by atoms with Crippen LogP contribution in [0.2, 0.25) is 0 Å². The minimum absolute atomic E-state index is 0.0109. The number of methoxy groups -OCH3 is 1. The fourth-order valence-electron chi connectivity index (χ4n) is 1.32. The van der Waals surface area contributed by atoms with E-state index in [9.17, 15) is 10.1 Å². The molecule has 0 amide bonds. The van der Waals surface area contributed by atoms with Gasteiger partial charge < -0.3 is 10.1 Å². The van der Waals surface area contributed by atoms with Crippen LogP contribution >= 0.6 is 11.8 Å². The van der Waals surface area contributed by atoms with Crippen LogP contribution in [-0.4, -0.2) is 29.6 Å². The summed E-state index contributed by atoms with van der Waals surface area (Å²) in [5.74, 6) is 0.602. The van der Waals surface area contributed by atoms with Crippen molar-refractivity contribution in [1.29, 1.82) is 0 Å². The molecule has 0 saturated carbocycles. The summed E-state index contributed by atoms with van der Waals surface area (Å²) in [4.78, 5) is 10.5. The first-order valence-electron chi connectivity index (χ1n) is 5.51. The Kier molecular flexibility index (Phi) is 4.84. The lowest BCUT2D eigenvalue weighted by atomic mass is 10.2. The average molecular weight is 270 g/mol. The summed E-state index contributed by atoms with van der Waals surface area (Å²) >= 11 is 1.71. The SMILES string of the molecule is COc1ccc([N+](=O)[O-])c(NCC(C)(C)SC)c1. The van der Waals surface area contributed by atoms with Gasteiger partial charge in [0, 0.05) is 23.4 Å². The van der Waals surface area contributed by atoms with Crippen LogP contribution in [0.4, 0.5) is 11.4 Å². The molecule has 0 spiro atoms. The van der Waals surface area contributed by atoms with Crippen LogP contribution in [0.3, 0.4) is 0 Å². The number of nitro benzene ring substituents is 1. The number of thioether (sulfide) groups is 1. The molecular formula is C12H18N2O3S. The average Bonchev–Trinajstić information content (AvgIpc) is 2.36. The van der Waals surface area contributed by atoms with Crippen LogP contribution in [-0.2, 0) is 0 Å². The van der Waals surface area contributed by atoms with Gasteiger partial charge in [-0.2, -0.15) is 11.8 Å². The number of benzene rings is 1. The van der Waals surface area contributed by atoms with E-state index >= 15 is 0 Å². The van der Waals surface area contributed by atoms with E-state index in [0.717, 1.165) is 0 Å². The fraction of sp³-hybridized carbons (Fsp3) is 0.500. The summed E-state index contributed by atoms with van der Waals surface area (Å²) in [7, 11) is 1.54. The summed E-state index contributed by atoms with van der Waals surface area (Å²) in [6, 6.07) is 4.69. The van der Waals surface area contributed by atoms with Crippen LogP contribution in [0.25, 0.3) is 0 Å². The van der Waals surface area contributed by atoms with Gasteiger partial charge >= 0.3 is 0 Å². The topological polar surface area (TPSA) is 64.4 Å². The van der Waals surface area contributed by atoms with Crippen molar-refractivity contribution in [3.8, 4) is 5.75 Å². The molecule has 1 aromatic carbocycles. The Hall–Kier alpha value is -1.43. The molecule has 1 aromatic rings. The highest BCUT2D eigenvalue weighted by atomic mass is 32.2. The van der Waals surface area contributed by atoms with Crippen LogP contribution in [0.15, 0.2) is 18.2 Å². The quantitative estimate of drug-likeness (QED) is 0.635. The minimum atomic E-state index is -0.395. The van der Waals surface area contributed by atoms with Gasteiger partial charge in [-0.15, -0.1) is 0 Å². The lowest BCUT2D eigenvalue weighted by molar-refractivity contribution is -0.384. The molecule has 1 rings (SSSR count). The zero-order chi connectivity index (χ0) is 13.8. The smallest absolute Gasteiger partial charge is 0.292 e. The molecule has 0 aliphatic rings. The number of rotatable bonds is 6. The highest BCUT2D eigenvalue weighted by Gasteiger charge is 2.19. The Morgan fingerprint density at radius 3 is 2.67 bits per heavy atom. The van der Waals surface area contributed by atoms with Crippen molar-refractivity contribution < 1.29 is 9.66 Å². The van der Waals surface area contributed by atoms with Gasteiger partial charge in [-0.1, -0.05) is 0 Å². The Morgan fingerprint density at radius 2 is 2.17 bits per heavy atom. The molecule has 0 unspecified atom stereocenters. The molecule has 0 fully saturated rings. The van der Waals surface area contributed by atoms with Gasteiger partial charge in [-0.05, 0) is 26.2 Å². The van der Waals surface area contributed by atoms with Gasteiger partial charge in [0.05, 0.1) is 12.0 Å². The first kappa shape index (κ1) is 14.6. The third kappa shape index (κ3) is 3.80. The summed E-state index contributed by atoms with van der Waals surface area (Å²) in [5, 5.41) is 14.1. The van der Waals surface area contributed by atoms with Crippen molar-refractivity contribution in [3.05, 3.63) is 28.3 Å². The molecule has 0 aliphatic heterocycles. The van der Waals surface area contributed by atoms with Crippen molar-refractivity contribution in [2.24, 2.45) is 0 Å². The second kappa shape index (κ2) is 5.95. The van der Waals surface area contributed by atoms with E-state index in [1.165, 1.54) is 13.2 Å². The van der Waals surface area contributed by atoms with E-state index in [0.29, 0.717) is 18.0 Å². The zero-order valence-corrected chi connectivity index (χ0v) is 11.8. The Balaban J connectivity index is 2.94. The summed E-state index contributed by atoms with van der Waals surface area (Å²) < 4.78 is 5.09. The summed E-state index contributed by atoms with van der Waals surface area (Å²) in [6.07, 6.45) is 2.02. The number of nitrogens with zero attached hydrogens (tertiary/aromatic N) is 1. The van der Waals surface area contributed by atoms with Crippen LogP contribution in [0, 0.1) is 10.1 Å². The number of hydrogen-bond donors (Lipinski definition) is 1. The van der Waals surface area contributed by atoms with Gasteiger partial charge in [0.1, 0.15) is 11.4 Å². The molecule has 0 saturated heterocycles. The predicted octanol–water partition coefficient (Wildman–Crippen LogP) is 3.16. The third-order valence-electron chi connectivity index (χ3n) is 2.66. The maximum atomic E-state index is 10.9. The highest BCUT2D eigenvalue weighted by molar-refractivity contribution is 7.99. The summed E-state index contributed by atoms with van der Waals surface area (Å²) in [5.41, 5.74) is 0.550. The molecular weight excluding hydrogens is 252 g/mol. The van der Waals surface area contributed by atoms with E-state index in [2.05, 4.69) is 19.2 Å². The lowest BCUT2D eigenvalue weighted by Gasteiger charge is -2.22. The standard InChI is InChI=1S/C12H18N2O3S/c1-12(2,18-4)8-13-10-7-9(17-3)5-6-11(10)14(15)16/h5-7,13H,8H2,1-4H3. The van der Waals surface area contributed by atoms with Crippen molar-refractivity contribution in [2.75, 3.05) is 25.2 Å². The summed E-state index contributed by atoms with van der Waals surface area (Å²) in [6.45, 7) is 4.80. The molecule has 5 nitrogen and oxygen atoms in total.